The summed E-state index contributed by atoms with van der Waals surface area (Å²) in [5.41, 5.74) is 7.08. The molecule has 1 aromatic carbocycles. The molecule has 2 aromatic rings. The second-order valence-electron chi connectivity index (χ2n) is 4.27. The van der Waals surface area contributed by atoms with Gasteiger partial charge in [-0.25, -0.2) is 4.98 Å². The summed E-state index contributed by atoms with van der Waals surface area (Å²) >= 11 is 0. The van der Waals surface area contributed by atoms with Gasteiger partial charge < -0.3 is 5.73 Å². The summed E-state index contributed by atoms with van der Waals surface area (Å²) in [7, 11) is 0. The van der Waals surface area contributed by atoms with Crippen LogP contribution >= 0.6 is 0 Å². The van der Waals surface area contributed by atoms with Crippen molar-refractivity contribution in [1.82, 2.24) is 15.2 Å². The third kappa shape index (κ3) is 1.72. The van der Waals surface area contributed by atoms with Crippen LogP contribution < -0.4 is 5.73 Å². The van der Waals surface area contributed by atoms with E-state index in [4.69, 9.17) is 5.73 Å². The standard InChI is InChI=1S/C12H14N4/c13-10(8-6-7-8)12-14-11(15-16-12)9-4-2-1-3-5-9/h1-5,8,10H,6-7,13H2,(H,14,15,16). The zero-order chi connectivity index (χ0) is 11.0. The summed E-state index contributed by atoms with van der Waals surface area (Å²) in [6.45, 7) is 0. The maximum absolute atomic E-state index is 6.06. The van der Waals surface area contributed by atoms with Gasteiger partial charge in [-0.15, -0.1) is 0 Å². The Bertz CT molecular complexity index is 473. The van der Waals surface area contributed by atoms with E-state index in [1.165, 1.54) is 12.8 Å². The molecule has 0 spiro atoms. The van der Waals surface area contributed by atoms with Crippen molar-refractivity contribution in [1.29, 1.82) is 0 Å². The first kappa shape index (κ1) is 9.54. The zero-order valence-corrected chi connectivity index (χ0v) is 8.93. The molecule has 1 aliphatic rings. The molecule has 1 atom stereocenters. The third-order valence-corrected chi connectivity index (χ3v) is 2.98. The first-order valence-electron chi connectivity index (χ1n) is 5.58. The van der Waals surface area contributed by atoms with Gasteiger partial charge in [-0.3, -0.25) is 5.10 Å². The lowest BCUT2D eigenvalue weighted by molar-refractivity contribution is 0.596. The van der Waals surface area contributed by atoms with E-state index < -0.39 is 0 Å². The number of hydrogen-bond acceptors (Lipinski definition) is 3. The lowest BCUT2D eigenvalue weighted by Gasteiger charge is -2.03. The molecule has 1 aromatic heterocycles. The Morgan fingerprint density at radius 2 is 2.00 bits per heavy atom. The molecule has 1 saturated carbocycles. The van der Waals surface area contributed by atoms with Crippen molar-refractivity contribution < 1.29 is 0 Å². The van der Waals surface area contributed by atoms with Crippen LogP contribution in [0.15, 0.2) is 30.3 Å². The molecule has 3 rings (SSSR count). The molecule has 3 N–H and O–H groups in total. The summed E-state index contributed by atoms with van der Waals surface area (Å²) < 4.78 is 0. The van der Waals surface area contributed by atoms with Gasteiger partial charge in [0.15, 0.2) is 5.82 Å². The lowest BCUT2D eigenvalue weighted by Crippen LogP contribution is -2.14. The van der Waals surface area contributed by atoms with E-state index >= 15 is 0 Å². The fraction of sp³-hybridized carbons (Fsp3) is 0.333. The highest BCUT2D eigenvalue weighted by atomic mass is 15.2. The molecule has 0 saturated heterocycles. The summed E-state index contributed by atoms with van der Waals surface area (Å²) in [6.07, 6.45) is 2.42. The van der Waals surface area contributed by atoms with Gasteiger partial charge in [0.25, 0.3) is 0 Å². The van der Waals surface area contributed by atoms with E-state index in [0.717, 1.165) is 17.2 Å². The second kappa shape index (κ2) is 3.72. The van der Waals surface area contributed by atoms with Crippen molar-refractivity contribution in [2.45, 2.75) is 18.9 Å². The van der Waals surface area contributed by atoms with E-state index in [1.54, 1.807) is 0 Å². The van der Waals surface area contributed by atoms with Crippen molar-refractivity contribution in [3.05, 3.63) is 36.2 Å². The molecule has 1 heterocycles. The highest BCUT2D eigenvalue weighted by molar-refractivity contribution is 5.53. The molecule has 82 valence electrons. The van der Waals surface area contributed by atoms with Gasteiger partial charge >= 0.3 is 0 Å². The Balaban J connectivity index is 1.87. The number of nitrogens with one attached hydrogen (secondary N) is 1. The van der Waals surface area contributed by atoms with Crippen molar-refractivity contribution >= 4 is 0 Å². The smallest absolute Gasteiger partial charge is 0.181 e. The average molecular weight is 214 g/mol. The molecule has 1 fully saturated rings. The van der Waals surface area contributed by atoms with Crippen LogP contribution in [0.2, 0.25) is 0 Å². The summed E-state index contributed by atoms with van der Waals surface area (Å²) in [6, 6.07) is 9.95. The first-order chi connectivity index (χ1) is 7.84. The number of aromatic amines is 1. The monoisotopic (exact) mass is 214 g/mol. The first-order valence-corrected chi connectivity index (χ1v) is 5.58. The van der Waals surface area contributed by atoms with Crippen LogP contribution in [-0.4, -0.2) is 15.2 Å². The summed E-state index contributed by atoms with van der Waals surface area (Å²) in [4.78, 5) is 4.45. The number of benzene rings is 1. The van der Waals surface area contributed by atoms with Gasteiger partial charge in [-0.2, -0.15) is 5.10 Å². The quantitative estimate of drug-likeness (QED) is 0.819. The highest BCUT2D eigenvalue weighted by Crippen LogP contribution is 2.38. The Morgan fingerprint density at radius 1 is 1.25 bits per heavy atom. The molecule has 16 heavy (non-hydrogen) atoms. The molecular formula is C12H14N4. The largest absolute Gasteiger partial charge is 0.321 e. The molecular weight excluding hydrogens is 200 g/mol. The SMILES string of the molecule is NC(c1nc(-c2ccccc2)n[nH]1)C1CC1. The van der Waals surface area contributed by atoms with E-state index in [-0.39, 0.29) is 6.04 Å². The molecule has 0 radical (unpaired) electrons. The van der Waals surface area contributed by atoms with Crippen LogP contribution in [0.3, 0.4) is 0 Å². The normalized spacial score (nSPS) is 17.3. The maximum atomic E-state index is 6.06. The molecule has 4 nitrogen and oxygen atoms in total. The van der Waals surface area contributed by atoms with Gasteiger partial charge in [0.05, 0.1) is 6.04 Å². The van der Waals surface area contributed by atoms with Gasteiger partial charge in [0.1, 0.15) is 5.82 Å². The Hall–Kier alpha value is -1.68. The molecule has 0 amide bonds. The maximum Gasteiger partial charge on any atom is 0.181 e. The van der Waals surface area contributed by atoms with E-state index in [1.807, 2.05) is 30.3 Å². The van der Waals surface area contributed by atoms with Gasteiger partial charge in [0.2, 0.25) is 0 Å². The van der Waals surface area contributed by atoms with Crippen molar-refractivity contribution in [2.24, 2.45) is 11.7 Å². The van der Waals surface area contributed by atoms with Gasteiger partial charge in [-0.05, 0) is 18.8 Å². The van der Waals surface area contributed by atoms with E-state index in [0.29, 0.717) is 5.92 Å². The number of hydrogen-bond donors (Lipinski definition) is 2. The molecule has 1 unspecified atom stereocenters. The topological polar surface area (TPSA) is 67.6 Å². The second-order valence-corrected chi connectivity index (χ2v) is 4.27. The van der Waals surface area contributed by atoms with Crippen molar-refractivity contribution in [2.75, 3.05) is 0 Å². The van der Waals surface area contributed by atoms with Crippen LogP contribution in [0.25, 0.3) is 11.4 Å². The zero-order valence-electron chi connectivity index (χ0n) is 8.93. The van der Waals surface area contributed by atoms with Gasteiger partial charge in [-0.1, -0.05) is 30.3 Å². The number of nitrogens with two attached hydrogens (primary N) is 1. The Labute approximate surface area is 93.9 Å². The minimum Gasteiger partial charge on any atom is -0.321 e. The van der Waals surface area contributed by atoms with Crippen LogP contribution in [-0.2, 0) is 0 Å². The van der Waals surface area contributed by atoms with Crippen molar-refractivity contribution in [3.63, 3.8) is 0 Å². The highest BCUT2D eigenvalue weighted by Gasteiger charge is 2.31. The van der Waals surface area contributed by atoms with Crippen LogP contribution in [0, 0.1) is 5.92 Å². The molecule has 4 heteroatoms. The average Bonchev–Trinajstić information content (AvgIpc) is 3.07. The minimum absolute atomic E-state index is 0.0185. The van der Waals surface area contributed by atoms with Crippen LogP contribution in [0.5, 0.6) is 0 Å². The minimum atomic E-state index is 0.0185. The lowest BCUT2D eigenvalue weighted by atomic mass is 10.2. The third-order valence-electron chi connectivity index (χ3n) is 2.98. The number of nitrogens with zero attached hydrogens (tertiary/aromatic N) is 2. The molecule has 0 aliphatic heterocycles. The number of aromatic nitrogens is 3. The number of H-pyrrole nitrogens is 1. The predicted octanol–water partition coefficient (Wildman–Crippen LogP) is 1.88. The summed E-state index contributed by atoms with van der Waals surface area (Å²) in [5, 5.41) is 7.14. The van der Waals surface area contributed by atoms with E-state index in [9.17, 15) is 0 Å². The van der Waals surface area contributed by atoms with Crippen LogP contribution in [0.4, 0.5) is 0 Å². The number of rotatable bonds is 3. The molecule has 1 aliphatic carbocycles. The van der Waals surface area contributed by atoms with Gasteiger partial charge in [0, 0.05) is 5.56 Å². The fourth-order valence-electron chi connectivity index (χ4n) is 1.82. The Morgan fingerprint density at radius 3 is 2.69 bits per heavy atom. The van der Waals surface area contributed by atoms with Crippen molar-refractivity contribution in [3.8, 4) is 11.4 Å². The van der Waals surface area contributed by atoms with E-state index in [2.05, 4.69) is 15.2 Å². The molecule has 0 bridgehead atoms. The van der Waals surface area contributed by atoms with Crippen LogP contribution in [0.1, 0.15) is 24.7 Å². The Kier molecular flexibility index (Phi) is 2.22. The summed E-state index contributed by atoms with van der Waals surface area (Å²) in [5.74, 6) is 2.13. The predicted molar refractivity (Wildman–Crippen MR) is 61.5 cm³/mol. The fourth-order valence-corrected chi connectivity index (χ4v) is 1.82.